The second kappa shape index (κ2) is 6.97. The minimum Gasteiger partial charge on any atom is -0.312 e. The molecule has 142 valence electrons. The third-order valence-electron chi connectivity index (χ3n) is 4.87. The zero-order valence-corrected chi connectivity index (χ0v) is 17.0. The number of aromatic nitrogens is 1. The molecule has 0 amide bonds. The number of H-pyrrole nitrogens is 1. The van der Waals surface area contributed by atoms with E-state index in [2.05, 4.69) is 4.98 Å². The van der Waals surface area contributed by atoms with Crippen LogP contribution in [-0.2, 0) is 10.0 Å². The van der Waals surface area contributed by atoms with Crippen LogP contribution in [-0.4, -0.2) is 36.6 Å². The van der Waals surface area contributed by atoms with Crippen LogP contribution in [0.2, 0.25) is 0 Å². The first-order valence-electron chi connectivity index (χ1n) is 8.57. The van der Waals surface area contributed by atoms with Gasteiger partial charge in [0.1, 0.15) is 0 Å². The summed E-state index contributed by atoms with van der Waals surface area (Å²) in [7, 11) is -3.71. The van der Waals surface area contributed by atoms with E-state index in [0.717, 1.165) is 21.8 Å². The molecular weight excluding hydrogens is 404 g/mol. The number of thiazole rings is 1. The fourth-order valence-corrected chi connectivity index (χ4v) is 6.77. The van der Waals surface area contributed by atoms with Gasteiger partial charge in [0, 0.05) is 19.0 Å². The molecule has 0 bridgehead atoms. The number of nitrogens with zero attached hydrogens (tertiary/aromatic N) is 1. The van der Waals surface area contributed by atoms with Crippen LogP contribution in [0, 0.1) is 12.8 Å². The van der Waals surface area contributed by atoms with Crippen LogP contribution in [0.5, 0.6) is 0 Å². The lowest BCUT2D eigenvalue weighted by molar-refractivity contribution is 0.0876. The lowest BCUT2D eigenvalue weighted by Gasteiger charge is -2.31. The van der Waals surface area contributed by atoms with Gasteiger partial charge in [-0.2, -0.15) is 4.31 Å². The largest absolute Gasteiger partial charge is 0.312 e. The van der Waals surface area contributed by atoms with Gasteiger partial charge in [0.25, 0.3) is 0 Å². The number of ketones is 1. The second-order valence-corrected chi connectivity index (χ2v) is 10.5. The Kier molecular flexibility index (Phi) is 4.79. The Morgan fingerprint density at radius 1 is 1.30 bits per heavy atom. The molecule has 0 aliphatic carbocycles. The van der Waals surface area contributed by atoms with E-state index < -0.39 is 10.0 Å². The molecule has 1 aliphatic heterocycles. The standard InChI is InChI=1S/C18H18N2O4S3/c1-11-6-8-25-17(11)16(21)12-3-2-7-20(10-12)27(23,24)13-4-5-14-15(9-13)26-18(22)19-14/h4-6,8-9,12H,2-3,7,10H2,1H3,(H,19,22). The molecule has 3 heterocycles. The minimum absolute atomic E-state index is 0.0294. The lowest BCUT2D eigenvalue weighted by atomic mass is 9.93. The van der Waals surface area contributed by atoms with Gasteiger partial charge in [-0.25, -0.2) is 8.42 Å². The van der Waals surface area contributed by atoms with Gasteiger partial charge in [0.15, 0.2) is 5.78 Å². The highest BCUT2D eigenvalue weighted by Gasteiger charge is 2.34. The number of carbonyl (C=O) groups excluding carboxylic acids is 1. The highest BCUT2D eigenvalue weighted by molar-refractivity contribution is 7.89. The number of aromatic amines is 1. The van der Waals surface area contributed by atoms with Crippen molar-refractivity contribution in [2.45, 2.75) is 24.7 Å². The summed E-state index contributed by atoms with van der Waals surface area (Å²) in [5.74, 6) is -0.292. The van der Waals surface area contributed by atoms with Crippen LogP contribution in [0.15, 0.2) is 39.3 Å². The molecular formula is C18H18N2O4S3. The highest BCUT2D eigenvalue weighted by Crippen LogP contribution is 2.29. The Morgan fingerprint density at radius 2 is 2.11 bits per heavy atom. The molecule has 0 radical (unpaired) electrons. The van der Waals surface area contributed by atoms with E-state index in [-0.39, 0.29) is 28.0 Å². The van der Waals surface area contributed by atoms with Crippen LogP contribution < -0.4 is 4.87 Å². The maximum Gasteiger partial charge on any atom is 0.305 e. The number of Topliss-reactive ketones (excluding diaryl/α,β-unsaturated/α-hetero) is 1. The van der Waals surface area contributed by atoms with Gasteiger partial charge in [0.05, 0.1) is 20.0 Å². The molecule has 2 aromatic heterocycles. The predicted octanol–water partition coefficient (Wildman–Crippen LogP) is 3.24. The van der Waals surface area contributed by atoms with Gasteiger partial charge in [-0.15, -0.1) is 11.3 Å². The third-order valence-corrected chi connectivity index (χ3v) is 8.61. The van der Waals surface area contributed by atoms with Crippen molar-refractivity contribution in [2.75, 3.05) is 13.1 Å². The fourth-order valence-electron chi connectivity index (χ4n) is 3.42. The van der Waals surface area contributed by atoms with Crippen molar-refractivity contribution in [3.8, 4) is 0 Å². The Bertz CT molecular complexity index is 1170. The Hall–Kier alpha value is -1.81. The monoisotopic (exact) mass is 422 g/mol. The molecule has 1 fully saturated rings. The number of rotatable bonds is 4. The van der Waals surface area contributed by atoms with Crippen molar-refractivity contribution < 1.29 is 13.2 Å². The molecule has 0 spiro atoms. The normalized spacial score (nSPS) is 18.8. The van der Waals surface area contributed by atoms with Crippen molar-refractivity contribution in [3.63, 3.8) is 0 Å². The summed E-state index contributed by atoms with van der Waals surface area (Å²) in [5.41, 5.74) is 1.57. The van der Waals surface area contributed by atoms with E-state index in [0.29, 0.717) is 29.6 Å². The maximum absolute atomic E-state index is 13.1. The highest BCUT2D eigenvalue weighted by atomic mass is 32.2. The molecule has 1 N–H and O–H groups in total. The molecule has 0 saturated carbocycles. The number of sulfonamides is 1. The molecule has 1 aromatic carbocycles. The molecule has 1 atom stereocenters. The Balaban J connectivity index is 1.61. The number of fused-ring (bicyclic) bond motifs is 1. The Labute approximate surface area is 164 Å². The van der Waals surface area contributed by atoms with Gasteiger partial charge < -0.3 is 4.98 Å². The molecule has 1 aliphatic rings. The summed E-state index contributed by atoms with van der Waals surface area (Å²) in [6.45, 7) is 2.50. The summed E-state index contributed by atoms with van der Waals surface area (Å²) < 4.78 is 28.2. The third kappa shape index (κ3) is 3.40. The number of nitrogens with one attached hydrogen (secondary N) is 1. The van der Waals surface area contributed by atoms with Crippen LogP contribution in [0.3, 0.4) is 0 Å². The first kappa shape index (κ1) is 18.5. The number of carbonyl (C=O) groups is 1. The first-order chi connectivity index (χ1) is 12.9. The van der Waals surface area contributed by atoms with E-state index in [1.165, 1.54) is 27.8 Å². The fraction of sp³-hybridized carbons (Fsp3) is 0.333. The minimum atomic E-state index is -3.71. The van der Waals surface area contributed by atoms with Crippen molar-refractivity contribution in [3.05, 3.63) is 49.8 Å². The Morgan fingerprint density at radius 3 is 2.85 bits per heavy atom. The van der Waals surface area contributed by atoms with Crippen molar-refractivity contribution >= 4 is 48.7 Å². The number of hydrogen-bond acceptors (Lipinski definition) is 6. The van der Waals surface area contributed by atoms with Crippen molar-refractivity contribution in [1.82, 2.24) is 9.29 Å². The summed E-state index contributed by atoms with van der Waals surface area (Å²) in [4.78, 5) is 27.6. The van der Waals surface area contributed by atoms with E-state index in [1.807, 2.05) is 18.4 Å². The van der Waals surface area contributed by atoms with Gasteiger partial charge in [-0.05, 0) is 55.0 Å². The summed E-state index contributed by atoms with van der Waals surface area (Å²) in [5, 5.41) is 1.89. The number of piperidine rings is 1. The van der Waals surface area contributed by atoms with Crippen molar-refractivity contribution in [1.29, 1.82) is 0 Å². The van der Waals surface area contributed by atoms with Gasteiger partial charge >= 0.3 is 4.87 Å². The number of hydrogen-bond donors (Lipinski definition) is 1. The van der Waals surface area contributed by atoms with Crippen molar-refractivity contribution in [2.24, 2.45) is 5.92 Å². The molecule has 6 nitrogen and oxygen atoms in total. The topological polar surface area (TPSA) is 87.3 Å². The lowest BCUT2D eigenvalue weighted by Crippen LogP contribution is -2.42. The molecule has 3 aromatic rings. The quantitative estimate of drug-likeness (QED) is 0.654. The van der Waals surface area contributed by atoms with E-state index in [9.17, 15) is 18.0 Å². The van der Waals surface area contributed by atoms with Gasteiger partial charge in [0.2, 0.25) is 10.0 Å². The first-order valence-corrected chi connectivity index (χ1v) is 11.7. The zero-order valence-electron chi connectivity index (χ0n) is 14.6. The summed E-state index contributed by atoms with van der Waals surface area (Å²) in [6.07, 6.45) is 1.35. The van der Waals surface area contributed by atoms with Crippen LogP contribution in [0.4, 0.5) is 0 Å². The zero-order chi connectivity index (χ0) is 19.2. The van der Waals surface area contributed by atoms with E-state index >= 15 is 0 Å². The molecule has 1 unspecified atom stereocenters. The predicted molar refractivity (Wildman–Crippen MR) is 107 cm³/mol. The summed E-state index contributed by atoms with van der Waals surface area (Å²) >= 11 is 2.40. The molecule has 1 saturated heterocycles. The SMILES string of the molecule is Cc1ccsc1C(=O)C1CCCN(S(=O)(=O)c2ccc3[nH]c(=O)sc3c2)C1. The second-order valence-electron chi connectivity index (χ2n) is 6.67. The van der Waals surface area contributed by atoms with Crippen LogP contribution in [0.1, 0.15) is 28.1 Å². The molecule has 4 rings (SSSR count). The van der Waals surface area contributed by atoms with E-state index in [4.69, 9.17) is 0 Å². The van der Waals surface area contributed by atoms with Crippen LogP contribution in [0.25, 0.3) is 10.2 Å². The van der Waals surface area contributed by atoms with Gasteiger partial charge in [-0.1, -0.05) is 11.3 Å². The molecule has 9 heteroatoms. The molecule has 27 heavy (non-hydrogen) atoms. The number of thiophene rings is 1. The average molecular weight is 423 g/mol. The maximum atomic E-state index is 13.1. The van der Waals surface area contributed by atoms with Gasteiger partial charge in [-0.3, -0.25) is 9.59 Å². The smallest absolute Gasteiger partial charge is 0.305 e. The number of benzene rings is 1. The number of aryl methyl sites for hydroxylation is 1. The van der Waals surface area contributed by atoms with E-state index in [1.54, 1.807) is 6.07 Å². The average Bonchev–Trinajstić information content (AvgIpc) is 3.24. The summed E-state index contributed by atoms with van der Waals surface area (Å²) in [6, 6.07) is 6.56. The van der Waals surface area contributed by atoms with Crippen LogP contribution >= 0.6 is 22.7 Å².